The van der Waals surface area contributed by atoms with Crippen LogP contribution in [-0.4, -0.2) is 18.1 Å². The van der Waals surface area contributed by atoms with Crippen LogP contribution in [0.3, 0.4) is 0 Å². The summed E-state index contributed by atoms with van der Waals surface area (Å²) in [4.78, 5) is 0. The monoisotopic (exact) mass is 267 g/mol. The van der Waals surface area contributed by atoms with Gasteiger partial charge < -0.3 is 15.6 Å². The lowest BCUT2D eigenvalue weighted by atomic mass is 10.0. The SMILES string of the molecule is CCOc1cccc([C@H](N)CC(F)F)c1O.Cl. The average Bonchev–Trinajstić information content (AvgIpc) is 2.20. The van der Waals surface area contributed by atoms with Gasteiger partial charge in [-0.05, 0) is 13.0 Å². The molecular weight excluding hydrogens is 252 g/mol. The van der Waals surface area contributed by atoms with Crippen molar-refractivity contribution in [3.63, 3.8) is 0 Å². The number of rotatable bonds is 5. The first-order valence-electron chi connectivity index (χ1n) is 5.04. The maximum Gasteiger partial charge on any atom is 0.240 e. The van der Waals surface area contributed by atoms with Gasteiger partial charge in [-0.25, -0.2) is 8.78 Å². The molecule has 0 radical (unpaired) electrons. The van der Waals surface area contributed by atoms with Crippen molar-refractivity contribution in [1.29, 1.82) is 0 Å². The van der Waals surface area contributed by atoms with Crippen molar-refractivity contribution in [3.8, 4) is 11.5 Å². The molecule has 3 N–H and O–H groups in total. The van der Waals surface area contributed by atoms with E-state index in [1.807, 2.05) is 0 Å². The number of aromatic hydroxyl groups is 1. The second kappa shape index (κ2) is 7.29. The highest BCUT2D eigenvalue weighted by Crippen LogP contribution is 2.34. The molecule has 98 valence electrons. The van der Waals surface area contributed by atoms with E-state index < -0.39 is 18.9 Å². The Morgan fingerprint density at radius 1 is 1.41 bits per heavy atom. The summed E-state index contributed by atoms with van der Waals surface area (Å²) < 4.78 is 29.5. The number of hydrogen-bond acceptors (Lipinski definition) is 3. The number of halogens is 3. The Labute approximate surface area is 105 Å². The molecule has 0 bridgehead atoms. The normalized spacial score (nSPS) is 12.1. The van der Waals surface area contributed by atoms with E-state index in [1.165, 1.54) is 6.07 Å². The quantitative estimate of drug-likeness (QED) is 0.862. The van der Waals surface area contributed by atoms with E-state index in [0.29, 0.717) is 6.61 Å². The molecule has 0 saturated heterocycles. The molecule has 0 aromatic heterocycles. The van der Waals surface area contributed by atoms with Gasteiger partial charge in [-0.2, -0.15) is 0 Å². The summed E-state index contributed by atoms with van der Waals surface area (Å²) in [7, 11) is 0. The minimum Gasteiger partial charge on any atom is -0.504 e. The molecule has 0 spiro atoms. The smallest absolute Gasteiger partial charge is 0.240 e. The predicted octanol–water partition coefficient (Wildman–Crippen LogP) is 2.87. The van der Waals surface area contributed by atoms with E-state index in [-0.39, 0.29) is 29.5 Å². The number of hydrogen-bond donors (Lipinski definition) is 2. The predicted molar refractivity (Wildman–Crippen MR) is 64.1 cm³/mol. The Kier molecular flexibility index (Phi) is 6.83. The van der Waals surface area contributed by atoms with Crippen LogP contribution in [0, 0.1) is 0 Å². The summed E-state index contributed by atoms with van der Waals surface area (Å²) in [5, 5.41) is 9.75. The van der Waals surface area contributed by atoms with E-state index in [2.05, 4.69) is 0 Å². The highest BCUT2D eigenvalue weighted by molar-refractivity contribution is 5.85. The molecule has 0 aliphatic carbocycles. The number of alkyl halides is 2. The van der Waals surface area contributed by atoms with Crippen molar-refractivity contribution in [3.05, 3.63) is 23.8 Å². The molecule has 0 unspecified atom stereocenters. The number of benzene rings is 1. The van der Waals surface area contributed by atoms with Crippen LogP contribution in [0.15, 0.2) is 18.2 Å². The molecule has 0 heterocycles. The summed E-state index contributed by atoms with van der Waals surface area (Å²) in [5.74, 6) is 0.113. The Balaban J connectivity index is 0.00000256. The fourth-order valence-corrected chi connectivity index (χ4v) is 1.43. The van der Waals surface area contributed by atoms with Crippen molar-refractivity contribution in [2.75, 3.05) is 6.61 Å². The van der Waals surface area contributed by atoms with E-state index in [9.17, 15) is 13.9 Å². The number of ether oxygens (including phenoxy) is 1. The van der Waals surface area contributed by atoms with Gasteiger partial charge >= 0.3 is 0 Å². The van der Waals surface area contributed by atoms with Crippen LogP contribution in [0.4, 0.5) is 8.78 Å². The first kappa shape index (κ1) is 15.9. The van der Waals surface area contributed by atoms with Crippen molar-refractivity contribution in [2.45, 2.75) is 25.8 Å². The van der Waals surface area contributed by atoms with Crippen molar-refractivity contribution in [2.24, 2.45) is 5.73 Å². The molecule has 1 aromatic rings. The lowest BCUT2D eigenvalue weighted by Gasteiger charge is -2.15. The van der Waals surface area contributed by atoms with Gasteiger partial charge in [0.1, 0.15) is 0 Å². The van der Waals surface area contributed by atoms with Crippen molar-refractivity contribution >= 4 is 12.4 Å². The molecule has 0 aliphatic rings. The van der Waals surface area contributed by atoms with Gasteiger partial charge in [0.15, 0.2) is 11.5 Å². The van der Waals surface area contributed by atoms with Gasteiger partial charge in [0.2, 0.25) is 6.43 Å². The molecule has 17 heavy (non-hydrogen) atoms. The zero-order valence-corrected chi connectivity index (χ0v) is 10.2. The van der Waals surface area contributed by atoms with Gasteiger partial charge in [-0.1, -0.05) is 12.1 Å². The fourth-order valence-electron chi connectivity index (χ4n) is 1.43. The molecule has 6 heteroatoms. The van der Waals surface area contributed by atoms with Gasteiger partial charge in [0, 0.05) is 18.0 Å². The molecule has 0 fully saturated rings. The van der Waals surface area contributed by atoms with Crippen molar-refractivity contribution in [1.82, 2.24) is 0 Å². The third-order valence-corrected chi connectivity index (χ3v) is 2.16. The highest BCUT2D eigenvalue weighted by Gasteiger charge is 2.18. The largest absolute Gasteiger partial charge is 0.504 e. The molecular formula is C11H16ClF2NO2. The Morgan fingerprint density at radius 3 is 2.59 bits per heavy atom. The van der Waals surface area contributed by atoms with E-state index in [1.54, 1.807) is 19.1 Å². The summed E-state index contributed by atoms with van der Waals surface area (Å²) in [6.45, 7) is 2.16. The zero-order valence-electron chi connectivity index (χ0n) is 9.40. The Morgan fingerprint density at radius 2 is 2.06 bits per heavy atom. The van der Waals surface area contributed by atoms with E-state index in [0.717, 1.165) is 0 Å². The van der Waals surface area contributed by atoms with Gasteiger partial charge in [-0.15, -0.1) is 12.4 Å². The lowest BCUT2D eigenvalue weighted by molar-refractivity contribution is 0.128. The molecule has 0 amide bonds. The molecule has 1 rings (SSSR count). The van der Waals surface area contributed by atoms with E-state index in [4.69, 9.17) is 10.5 Å². The van der Waals surface area contributed by atoms with Crippen molar-refractivity contribution < 1.29 is 18.6 Å². The standard InChI is InChI=1S/C11H15F2NO2.ClH/c1-2-16-9-5-3-4-7(11(9)15)8(14)6-10(12)13;/h3-5,8,10,15H,2,6,14H2,1H3;1H/t8-;/m1./s1. The van der Waals surface area contributed by atoms with Crippen LogP contribution in [0.1, 0.15) is 24.9 Å². The number of phenols is 1. The number of nitrogens with two attached hydrogens (primary N) is 1. The first-order chi connectivity index (χ1) is 7.56. The third-order valence-electron chi connectivity index (χ3n) is 2.16. The summed E-state index contributed by atoms with van der Waals surface area (Å²) in [6.07, 6.45) is -2.98. The molecule has 1 aromatic carbocycles. The second-order valence-corrected chi connectivity index (χ2v) is 3.36. The highest BCUT2D eigenvalue weighted by atomic mass is 35.5. The minimum atomic E-state index is -2.50. The maximum absolute atomic E-state index is 12.2. The molecule has 0 aliphatic heterocycles. The molecule has 1 atom stereocenters. The summed E-state index contributed by atoms with van der Waals surface area (Å²) in [6, 6.07) is 3.81. The zero-order chi connectivity index (χ0) is 12.1. The van der Waals surface area contributed by atoms with Crippen LogP contribution in [0.25, 0.3) is 0 Å². The van der Waals surface area contributed by atoms with Crippen LogP contribution in [-0.2, 0) is 0 Å². The van der Waals surface area contributed by atoms with E-state index >= 15 is 0 Å². The lowest BCUT2D eigenvalue weighted by Crippen LogP contribution is -2.14. The van der Waals surface area contributed by atoms with Crippen LogP contribution in [0.5, 0.6) is 11.5 Å². The van der Waals surface area contributed by atoms with Gasteiger partial charge in [0.05, 0.1) is 6.61 Å². The number of phenolic OH excluding ortho intramolecular Hbond substituents is 1. The first-order valence-corrected chi connectivity index (χ1v) is 5.04. The maximum atomic E-state index is 12.2. The Hall–Kier alpha value is -1.07. The average molecular weight is 268 g/mol. The number of para-hydroxylation sites is 1. The molecule has 3 nitrogen and oxygen atoms in total. The summed E-state index contributed by atoms with van der Waals surface area (Å²) in [5.41, 5.74) is 5.85. The van der Waals surface area contributed by atoms with Gasteiger partial charge in [-0.3, -0.25) is 0 Å². The van der Waals surface area contributed by atoms with Gasteiger partial charge in [0.25, 0.3) is 0 Å². The fraction of sp³-hybridized carbons (Fsp3) is 0.455. The van der Waals surface area contributed by atoms with Crippen LogP contribution < -0.4 is 10.5 Å². The Bertz CT molecular complexity index is 350. The summed E-state index contributed by atoms with van der Waals surface area (Å²) >= 11 is 0. The van der Waals surface area contributed by atoms with Crippen LogP contribution in [0.2, 0.25) is 0 Å². The third kappa shape index (κ3) is 4.36. The second-order valence-electron chi connectivity index (χ2n) is 3.36. The molecule has 0 saturated carbocycles. The topological polar surface area (TPSA) is 55.5 Å². The minimum absolute atomic E-state index is 0. The van der Waals surface area contributed by atoms with Crippen LogP contribution >= 0.6 is 12.4 Å².